The Labute approximate surface area is 114 Å². The van der Waals surface area contributed by atoms with E-state index >= 15 is 0 Å². The van der Waals surface area contributed by atoms with Gasteiger partial charge < -0.3 is 5.11 Å². The molecule has 0 bridgehead atoms. The van der Waals surface area contributed by atoms with Crippen molar-refractivity contribution in [3.8, 4) is 0 Å². The minimum absolute atomic E-state index is 0.521. The van der Waals surface area contributed by atoms with Crippen molar-refractivity contribution >= 4 is 0 Å². The van der Waals surface area contributed by atoms with E-state index in [9.17, 15) is 5.11 Å². The van der Waals surface area contributed by atoms with Gasteiger partial charge in [0.15, 0.2) is 0 Å². The molecule has 0 radical (unpaired) electrons. The van der Waals surface area contributed by atoms with Crippen LogP contribution in [0.4, 0.5) is 0 Å². The van der Waals surface area contributed by atoms with Crippen LogP contribution >= 0.6 is 0 Å². The van der Waals surface area contributed by atoms with Gasteiger partial charge in [-0.15, -0.1) is 0 Å². The zero-order valence-corrected chi connectivity index (χ0v) is 11.8. The van der Waals surface area contributed by atoms with Gasteiger partial charge in [0.1, 0.15) is 6.10 Å². The summed E-state index contributed by atoms with van der Waals surface area (Å²) in [6.07, 6.45) is 3.70. The first kappa shape index (κ1) is 13.7. The monoisotopic (exact) mass is 259 g/mol. The van der Waals surface area contributed by atoms with Crippen molar-refractivity contribution in [2.75, 3.05) is 0 Å². The number of hydrogen-bond acceptors (Lipinski definition) is 3. The Bertz CT molecular complexity index is 531. The summed E-state index contributed by atoms with van der Waals surface area (Å²) in [5, 5.41) is 14.6. The van der Waals surface area contributed by atoms with Crippen molar-refractivity contribution in [3.05, 3.63) is 47.0 Å². The summed E-state index contributed by atoms with van der Waals surface area (Å²) in [6, 6.07) is 6.01. The molecule has 19 heavy (non-hydrogen) atoms. The molecule has 4 nitrogen and oxygen atoms in total. The second-order valence-corrected chi connectivity index (χ2v) is 4.77. The van der Waals surface area contributed by atoms with Gasteiger partial charge in [0, 0.05) is 25.4 Å². The van der Waals surface area contributed by atoms with Crippen LogP contribution < -0.4 is 0 Å². The molecule has 0 amide bonds. The minimum atomic E-state index is -0.558. The molecule has 0 aliphatic carbocycles. The summed E-state index contributed by atoms with van der Waals surface area (Å²) in [6.45, 7) is 4.16. The number of pyridine rings is 1. The van der Waals surface area contributed by atoms with Crippen molar-refractivity contribution < 1.29 is 5.11 Å². The summed E-state index contributed by atoms with van der Waals surface area (Å²) in [7, 11) is 1.87. The molecule has 2 rings (SSSR count). The molecule has 0 fully saturated rings. The van der Waals surface area contributed by atoms with Gasteiger partial charge in [-0.2, -0.15) is 5.10 Å². The third-order valence-electron chi connectivity index (χ3n) is 3.37. The Hall–Kier alpha value is -1.68. The fourth-order valence-corrected chi connectivity index (χ4v) is 2.12. The Kier molecular flexibility index (Phi) is 4.32. The zero-order chi connectivity index (χ0) is 13.8. The van der Waals surface area contributed by atoms with Gasteiger partial charge in [-0.05, 0) is 30.5 Å². The predicted molar refractivity (Wildman–Crippen MR) is 74.9 cm³/mol. The van der Waals surface area contributed by atoms with Crippen molar-refractivity contribution in [3.63, 3.8) is 0 Å². The van der Waals surface area contributed by atoms with E-state index in [-0.39, 0.29) is 0 Å². The normalized spacial score (nSPS) is 12.6. The Morgan fingerprint density at radius 1 is 1.21 bits per heavy atom. The fraction of sp³-hybridized carbons (Fsp3) is 0.467. The highest BCUT2D eigenvalue weighted by atomic mass is 16.3. The number of aliphatic hydroxyl groups excluding tert-OH is 1. The predicted octanol–water partition coefficient (Wildman–Crippen LogP) is 2.22. The van der Waals surface area contributed by atoms with Gasteiger partial charge in [0.2, 0.25) is 0 Å². The lowest BCUT2D eigenvalue weighted by atomic mass is 10.1. The van der Waals surface area contributed by atoms with Gasteiger partial charge in [0.25, 0.3) is 0 Å². The van der Waals surface area contributed by atoms with E-state index in [0.29, 0.717) is 6.42 Å². The summed E-state index contributed by atoms with van der Waals surface area (Å²) < 4.78 is 1.75. The van der Waals surface area contributed by atoms with E-state index in [1.807, 2.05) is 25.4 Å². The van der Waals surface area contributed by atoms with Gasteiger partial charge in [-0.3, -0.25) is 9.67 Å². The van der Waals surface area contributed by atoms with Crippen molar-refractivity contribution in [1.82, 2.24) is 14.8 Å². The average Bonchev–Trinajstić information content (AvgIpc) is 2.81. The summed E-state index contributed by atoms with van der Waals surface area (Å²) in [5.41, 5.74) is 3.97. The van der Waals surface area contributed by atoms with E-state index < -0.39 is 6.10 Å². The van der Waals surface area contributed by atoms with E-state index in [0.717, 1.165) is 29.9 Å². The fourth-order valence-electron chi connectivity index (χ4n) is 2.12. The number of aryl methyl sites for hydroxylation is 3. The lowest BCUT2D eigenvalue weighted by Gasteiger charge is -2.10. The molecule has 1 unspecified atom stereocenters. The van der Waals surface area contributed by atoms with Crippen molar-refractivity contribution in [2.24, 2.45) is 7.05 Å². The number of rotatable bonds is 5. The maximum absolute atomic E-state index is 10.3. The van der Waals surface area contributed by atoms with Crippen LogP contribution in [0.3, 0.4) is 0 Å². The van der Waals surface area contributed by atoms with Crippen molar-refractivity contribution in [1.29, 1.82) is 0 Å². The largest absolute Gasteiger partial charge is 0.386 e. The van der Waals surface area contributed by atoms with Gasteiger partial charge in [0.05, 0.1) is 11.4 Å². The molecule has 2 aromatic heterocycles. The third-order valence-corrected chi connectivity index (χ3v) is 3.37. The molecule has 0 aromatic carbocycles. The average molecular weight is 259 g/mol. The lowest BCUT2D eigenvalue weighted by molar-refractivity contribution is 0.167. The third kappa shape index (κ3) is 3.20. The van der Waals surface area contributed by atoms with Gasteiger partial charge >= 0.3 is 0 Å². The molecule has 0 spiro atoms. The number of hydrogen-bond donors (Lipinski definition) is 1. The first-order chi connectivity index (χ1) is 9.13. The summed E-state index contributed by atoms with van der Waals surface area (Å²) in [4.78, 5) is 4.38. The Morgan fingerprint density at radius 3 is 2.53 bits per heavy atom. The van der Waals surface area contributed by atoms with E-state index in [2.05, 4.69) is 30.0 Å². The quantitative estimate of drug-likeness (QED) is 0.895. The first-order valence-electron chi connectivity index (χ1n) is 6.78. The Balaban J connectivity index is 2.10. The van der Waals surface area contributed by atoms with E-state index in [1.165, 1.54) is 5.56 Å². The van der Waals surface area contributed by atoms with Crippen LogP contribution in [-0.4, -0.2) is 19.9 Å². The molecule has 0 saturated heterocycles. The molecule has 1 N–H and O–H groups in total. The SMILES string of the molecule is CCc1ccc(CC(O)c2cc(CC)nn2C)nc1. The summed E-state index contributed by atoms with van der Waals surface area (Å²) >= 11 is 0. The maximum atomic E-state index is 10.3. The molecule has 0 aliphatic rings. The summed E-state index contributed by atoms with van der Waals surface area (Å²) in [5.74, 6) is 0. The maximum Gasteiger partial charge on any atom is 0.101 e. The molecule has 102 valence electrons. The smallest absolute Gasteiger partial charge is 0.101 e. The van der Waals surface area contributed by atoms with Crippen LogP contribution in [0.1, 0.15) is 42.6 Å². The highest BCUT2D eigenvalue weighted by Gasteiger charge is 2.14. The minimum Gasteiger partial charge on any atom is -0.386 e. The number of aromatic nitrogens is 3. The molecular formula is C15H21N3O. The molecule has 2 aromatic rings. The molecule has 2 heterocycles. The van der Waals surface area contributed by atoms with Crippen LogP contribution in [0, 0.1) is 0 Å². The van der Waals surface area contributed by atoms with Crippen LogP contribution in [-0.2, 0) is 26.3 Å². The van der Waals surface area contributed by atoms with Gasteiger partial charge in [-0.1, -0.05) is 19.9 Å². The van der Waals surface area contributed by atoms with Crippen molar-refractivity contribution in [2.45, 2.75) is 39.2 Å². The van der Waals surface area contributed by atoms with Crippen LogP contribution in [0.15, 0.2) is 24.4 Å². The molecule has 0 saturated carbocycles. The van der Waals surface area contributed by atoms with Crippen LogP contribution in [0.25, 0.3) is 0 Å². The Morgan fingerprint density at radius 2 is 2.00 bits per heavy atom. The first-order valence-corrected chi connectivity index (χ1v) is 6.78. The van der Waals surface area contributed by atoms with Crippen LogP contribution in [0.5, 0.6) is 0 Å². The second-order valence-electron chi connectivity index (χ2n) is 4.77. The molecule has 4 heteroatoms. The standard InChI is InChI=1S/C15H21N3O/c1-4-11-6-7-13(16-10-11)9-15(19)14-8-12(5-2)17-18(14)3/h6-8,10,15,19H,4-5,9H2,1-3H3. The number of aliphatic hydroxyl groups is 1. The highest BCUT2D eigenvalue weighted by Crippen LogP contribution is 2.18. The molecule has 0 aliphatic heterocycles. The lowest BCUT2D eigenvalue weighted by Crippen LogP contribution is -2.08. The topological polar surface area (TPSA) is 50.9 Å². The number of nitrogens with zero attached hydrogens (tertiary/aromatic N) is 3. The highest BCUT2D eigenvalue weighted by molar-refractivity contribution is 5.18. The van der Waals surface area contributed by atoms with Crippen LogP contribution in [0.2, 0.25) is 0 Å². The zero-order valence-electron chi connectivity index (χ0n) is 11.8. The molecular weight excluding hydrogens is 238 g/mol. The van der Waals surface area contributed by atoms with E-state index in [4.69, 9.17) is 0 Å². The van der Waals surface area contributed by atoms with E-state index in [1.54, 1.807) is 4.68 Å². The second kappa shape index (κ2) is 5.97. The molecule has 1 atom stereocenters. The van der Waals surface area contributed by atoms with Gasteiger partial charge in [-0.25, -0.2) is 0 Å².